The minimum atomic E-state index is -4.89. The van der Waals surface area contributed by atoms with Gasteiger partial charge in [-0.3, -0.25) is 4.90 Å². The molecule has 2 saturated heterocycles. The molecule has 7 nitrogen and oxygen atoms in total. The van der Waals surface area contributed by atoms with Gasteiger partial charge in [0.05, 0.1) is 20.3 Å². The van der Waals surface area contributed by atoms with Gasteiger partial charge >= 0.3 is 6.18 Å². The van der Waals surface area contributed by atoms with E-state index in [9.17, 15) is 21.6 Å². The number of nitrogens with zero attached hydrogens (tertiary/aromatic N) is 3. The fraction of sp³-hybridized carbons (Fsp3) is 0.722. The summed E-state index contributed by atoms with van der Waals surface area (Å²) in [6.45, 7) is 3.65. The zero-order chi connectivity index (χ0) is 20.9. The zero-order valence-electron chi connectivity index (χ0n) is 16.1. The Labute approximate surface area is 167 Å². The van der Waals surface area contributed by atoms with Crippen LogP contribution in [0.3, 0.4) is 0 Å². The van der Waals surface area contributed by atoms with E-state index in [-0.39, 0.29) is 24.4 Å². The minimum absolute atomic E-state index is 0.145. The van der Waals surface area contributed by atoms with E-state index in [0.717, 1.165) is 48.8 Å². The van der Waals surface area contributed by atoms with Crippen LogP contribution < -0.4 is 4.74 Å². The highest BCUT2D eigenvalue weighted by Crippen LogP contribution is 2.49. The van der Waals surface area contributed by atoms with E-state index in [0.29, 0.717) is 19.3 Å². The smallest absolute Gasteiger partial charge is 0.434 e. The first kappa shape index (κ1) is 20.8. The van der Waals surface area contributed by atoms with Crippen LogP contribution in [-0.2, 0) is 20.9 Å². The molecule has 3 aliphatic rings. The third kappa shape index (κ3) is 3.85. The van der Waals surface area contributed by atoms with Gasteiger partial charge in [0.15, 0.2) is 5.69 Å². The molecule has 0 N–H and O–H groups in total. The summed E-state index contributed by atoms with van der Waals surface area (Å²) in [6.07, 6.45) is -2.17. The summed E-state index contributed by atoms with van der Waals surface area (Å²) in [7, 11) is -3.10. The molecule has 1 unspecified atom stereocenters. The largest absolute Gasteiger partial charge is 0.481 e. The van der Waals surface area contributed by atoms with E-state index in [4.69, 9.17) is 9.47 Å². The molecule has 3 fully saturated rings. The molecule has 1 atom stereocenters. The number of methoxy groups -OCH3 is 1. The summed E-state index contributed by atoms with van der Waals surface area (Å²) in [5.41, 5.74) is -1.58. The molecule has 2 aliphatic heterocycles. The molecule has 0 amide bonds. The van der Waals surface area contributed by atoms with Crippen molar-refractivity contribution in [2.24, 2.45) is 5.41 Å². The van der Waals surface area contributed by atoms with Gasteiger partial charge in [0, 0.05) is 38.3 Å². The van der Waals surface area contributed by atoms with Crippen molar-refractivity contribution in [2.45, 2.75) is 36.4 Å². The van der Waals surface area contributed by atoms with Crippen molar-refractivity contribution < 1.29 is 31.1 Å². The van der Waals surface area contributed by atoms with Gasteiger partial charge in [0.1, 0.15) is 4.90 Å². The second kappa shape index (κ2) is 7.36. The Bertz CT molecular complexity index is 866. The Hall–Kier alpha value is -1.43. The molecule has 0 radical (unpaired) electrons. The molecule has 162 valence electrons. The normalized spacial score (nSPS) is 25.9. The molecular formula is C18H24F3N3O4S. The van der Waals surface area contributed by atoms with Crippen LogP contribution in [0.2, 0.25) is 0 Å². The van der Waals surface area contributed by atoms with Crippen molar-refractivity contribution in [3.05, 3.63) is 17.8 Å². The second-order valence-electron chi connectivity index (χ2n) is 8.02. The van der Waals surface area contributed by atoms with Gasteiger partial charge in [-0.2, -0.15) is 17.5 Å². The highest BCUT2D eigenvalue weighted by atomic mass is 32.2. The predicted octanol–water partition coefficient (Wildman–Crippen LogP) is 1.98. The molecule has 0 aromatic carbocycles. The highest BCUT2D eigenvalue weighted by Gasteiger charge is 2.54. The van der Waals surface area contributed by atoms with Crippen molar-refractivity contribution >= 4 is 10.0 Å². The van der Waals surface area contributed by atoms with E-state index in [1.165, 1.54) is 7.11 Å². The van der Waals surface area contributed by atoms with E-state index in [2.05, 4.69) is 9.88 Å². The molecule has 0 bridgehead atoms. The number of morpholine rings is 1. The highest BCUT2D eigenvalue weighted by molar-refractivity contribution is 7.89. The Morgan fingerprint density at radius 1 is 1.24 bits per heavy atom. The van der Waals surface area contributed by atoms with Gasteiger partial charge in [-0.25, -0.2) is 13.4 Å². The lowest BCUT2D eigenvalue weighted by molar-refractivity contribution is -0.143. The Balaban J connectivity index is 1.49. The Morgan fingerprint density at radius 3 is 2.55 bits per heavy atom. The number of hydrogen-bond donors (Lipinski definition) is 0. The quantitative estimate of drug-likeness (QED) is 0.720. The molecule has 3 heterocycles. The summed E-state index contributed by atoms with van der Waals surface area (Å²) < 4.78 is 77.4. The molecule has 29 heavy (non-hydrogen) atoms. The number of alkyl halides is 3. The van der Waals surface area contributed by atoms with E-state index in [1.54, 1.807) is 0 Å². The van der Waals surface area contributed by atoms with Crippen LogP contribution in [0.15, 0.2) is 17.0 Å². The summed E-state index contributed by atoms with van der Waals surface area (Å²) in [6, 6.07) is 2.46. The fourth-order valence-electron chi connectivity index (χ4n) is 4.68. The molecular weight excluding hydrogens is 411 g/mol. The van der Waals surface area contributed by atoms with Crippen LogP contribution in [0.4, 0.5) is 13.2 Å². The van der Waals surface area contributed by atoms with Crippen molar-refractivity contribution in [3.8, 4) is 5.88 Å². The molecule has 1 saturated carbocycles. The number of hydrogen-bond acceptors (Lipinski definition) is 6. The van der Waals surface area contributed by atoms with Gasteiger partial charge in [0.2, 0.25) is 15.9 Å². The van der Waals surface area contributed by atoms with Crippen LogP contribution in [-0.4, -0.2) is 75.2 Å². The van der Waals surface area contributed by atoms with Crippen molar-refractivity contribution in [1.82, 2.24) is 14.2 Å². The molecule has 1 aliphatic carbocycles. The van der Waals surface area contributed by atoms with Crippen molar-refractivity contribution in [3.63, 3.8) is 0 Å². The minimum Gasteiger partial charge on any atom is -0.481 e. The number of rotatable bonds is 4. The molecule has 4 rings (SSSR count). The van der Waals surface area contributed by atoms with Crippen LogP contribution in [0.25, 0.3) is 0 Å². The molecule has 1 aromatic heterocycles. The second-order valence-corrected chi connectivity index (χ2v) is 9.92. The monoisotopic (exact) mass is 435 g/mol. The van der Waals surface area contributed by atoms with E-state index in [1.807, 2.05) is 0 Å². The number of aromatic nitrogens is 1. The number of sulfonamides is 1. The molecule has 1 aromatic rings. The maximum atomic E-state index is 13.4. The summed E-state index contributed by atoms with van der Waals surface area (Å²) in [5, 5.41) is 0. The van der Waals surface area contributed by atoms with E-state index < -0.39 is 26.8 Å². The first-order valence-electron chi connectivity index (χ1n) is 9.59. The van der Waals surface area contributed by atoms with Gasteiger partial charge < -0.3 is 9.47 Å². The SMILES string of the molecule is COc1ccc(S(=O)(=O)N2CC3(CCC(N4CCOCC4)C3)C2)c(C(F)(F)F)n1. The van der Waals surface area contributed by atoms with Crippen LogP contribution >= 0.6 is 0 Å². The van der Waals surface area contributed by atoms with Gasteiger partial charge in [0.25, 0.3) is 0 Å². The summed E-state index contributed by atoms with van der Waals surface area (Å²) >= 11 is 0. The zero-order valence-corrected chi connectivity index (χ0v) is 16.9. The maximum absolute atomic E-state index is 13.4. The summed E-state index contributed by atoms with van der Waals surface area (Å²) in [4.78, 5) is 4.92. The Kier molecular flexibility index (Phi) is 5.29. The third-order valence-electron chi connectivity index (χ3n) is 6.19. The molecule has 1 spiro atoms. The fourth-order valence-corrected chi connectivity index (χ4v) is 6.49. The number of ether oxygens (including phenoxy) is 2. The lowest BCUT2D eigenvalue weighted by Gasteiger charge is -2.47. The summed E-state index contributed by atoms with van der Waals surface area (Å²) in [5.74, 6) is -0.277. The van der Waals surface area contributed by atoms with Crippen LogP contribution in [0.1, 0.15) is 25.0 Å². The first-order chi connectivity index (χ1) is 13.6. The first-order valence-corrected chi connectivity index (χ1v) is 11.0. The van der Waals surface area contributed by atoms with E-state index >= 15 is 0 Å². The lowest BCUT2D eigenvalue weighted by Crippen LogP contribution is -2.58. The topological polar surface area (TPSA) is 72.0 Å². The van der Waals surface area contributed by atoms with Crippen LogP contribution in [0.5, 0.6) is 5.88 Å². The number of halogens is 3. The van der Waals surface area contributed by atoms with Crippen molar-refractivity contribution in [1.29, 1.82) is 0 Å². The predicted molar refractivity (Wildman–Crippen MR) is 97.0 cm³/mol. The van der Waals surface area contributed by atoms with Crippen LogP contribution in [0, 0.1) is 5.41 Å². The van der Waals surface area contributed by atoms with Crippen molar-refractivity contribution in [2.75, 3.05) is 46.5 Å². The standard InChI is InChI=1S/C18H24F3N3O4S/c1-27-15-3-2-14(16(22-15)18(19,20)21)29(25,26)24-11-17(12-24)5-4-13(10-17)23-6-8-28-9-7-23/h2-3,13H,4-12H2,1H3. The van der Waals surface area contributed by atoms with Gasteiger partial charge in [-0.1, -0.05) is 0 Å². The Morgan fingerprint density at radius 2 is 1.93 bits per heavy atom. The third-order valence-corrected chi connectivity index (χ3v) is 8.01. The maximum Gasteiger partial charge on any atom is 0.434 e. The van der Waals surface area contributed by atoms with Gasteiger partial charge in [-0.05, 0) is 30.7 Å². The average molecular weight is 435 g/mol. The average Bonchev–Trinajstić information content (AvgIpc) is 3.12. The number of pyridine rings is 1. The van der Waals surface area contributed by atoms with Gasteiger partial charge in [-0.15, -0.1) is 0 Å². The molecule has 11 heteroatoms. The lowest BCUT2D eigenvalue weighted by atomic mass is 9.80.